The first-order valence-corrected chi connectivity index (χ1v) is 9.07. The first kappa shape index (κ1) is 17.1. The highest BCUT2D eigenvalue weighted by molar-refractivity contribution is 5.73. The highest BCUT2D eigenvalue weighted by atomic mass is 15.2. The van der Waals surface area contributed by atoms with Crippen molar-refractivity contribution in [3.63, 3.8) is 0 Å². The van der Waals surface area contributed by atoms with Gasteiger partial charge in [0.1, 0.15) is 11.5 Å². The molecule has 1 aliphatic heterocycles. The Labute approximate surface area is 158 Å². The van der Waals surface area contributed by atoms with Crippen LogP contribution in [0.2, 0.25) is 0 Å². The molecule has 0 radical (unpaired) electrons. The molecule has 4 rings (SSSR count). The summed E-state index contributed by atoms with van der Waals surface area (Å²) in [6, 6.07) is 13.8. The Hall–Kier alpha value is -3.35. The van der Waals surface area contributed by atoms with E-state index in [2.05, 4.69) is 36.5 Å². The molecule has 2 aromatic heterocycles. The molecule has 0 atom stereocenters. The molecular weight excluding hydrogens is 338 g/mol. The van der Waals surface area contributed by atoms with Crippen LogP contribution in [0.15, 0.2) is 65.1 Å². The number of benzene rings is 1. The van der Waals surface area contributed by atoms with Crippen LogP contribution < -0.4 is 10.2 Å². The van der Waals surface area contributed by atoms with E-state index in [1.165, 1.54) is 12.8 Å². The summed E-state index contributed by atoms with van der Waals surface area (Å²) in [5, 5.41) is 12.0. The van der Waals surface area contributed by atoms with Crippen molar-refractivity contribution in [1.82, 2.24) is 15.0 Å². The molecule has 1 fully saturated rings. The monoisotopic (exact) mass is 359 g/mol. The summed E-state index contributed by atoms with van der Waals surface area (Å²) in [6.07, 6.45) is 5.70. The summed E-state index contributed by atoms with van der Waals surface area (Å²) in [5.41, 5.74) is 2.65. The topological polar surface area (TPSA) is 78.7 Å². The Morgan fingerprint density at radius 3 is 2.44 bits per heavy atom. The van der Waals surface area contributed by atoms with Crippen molar-refractivity contribution in [3.05, 3.63) is 60.4 Å². The van der Waals surface area contributed by atoms with Crippen LogP contribution in [0, 0.1) is 6.92 Å². The highest BCUT2D eigenvalue weighted by Crippen LogP contribution is 2.34. The number of nitrogens with one attached hydrogen (secondary N) is 1. The number of para-hydroxylation sites is 1. The van der Waals surface area contributed by atoms with Crippen molar-refractivity contribution in [2.24, 2.45) is 10.2 Å². The minimum absolute atomic E-state index is 0.325. The van der Waals surface area contributed by atoms with Gasteiger partial charge in [0.15, 0.2) is 5.82 Å². The third-order valence-electron chi connectivity index (χ3n) is 4.43. The average Bonchev–Trinajstić information content (AvgIpc) is 3.24. The number of rotatable bonds is 5. The highest BCUT2D eigenvalue weighted by Gasteiger charge is 2.18. The third-order valence-corrected chi connectivity index (χ3v) is 4.43. The van der Waals surface area contributed by atoms with Crippen LogP contribution >= 0.6 is 0 Å². The molecule has 1 aliphatic rings. The van der Waals surface area contributed by atoms with Gasteiger partial charge in [-0.25, -0.2) is 15.0 Å². The molecule has 0 amide bonds. The second-order valence-electron chi connectivity index (χ2n) is 6.43. The van der Waals surface area contributed by atoms with Gasteiger partial charge in [-0.3, -0.25) is 0 Å². The second kappa shape index (κ2) is 7.90. The largest absolute Gasteiger partial charge is 0.357 e. The van der Waals surface area contributed by atoms with Crippen molar-refractivity contribution in [1.29, 1.82) is 0 Å². The third kappa shape index (κ3) is 4.08. The van der Waals surface area contributed by atoms with Crippen LogP contribution in [0.1, 0.15) is 18.4 Å². The maximum absolute atomic E-state index is 4.84. The summed E-state index contributed by atoms with van der Waals surface area (Å²) in [4.78, 5) is 15.3. The number of anilines is 3. The molecule has 27 heavy (non-hydrogen) atoms. The fourth-order valence-electron chi connectivity index (χ4n) is 3.07. The number of aromatic nitrogens is 3. The molecule has 1 N–H and O–H groups in total. The van der Waals surface area contributed by atoms with Crippen LogP contribution in [-0.2, 0) is 0 Å². The van der Waals surface area contributed by atoms with Gasteiger partial charge in [0.2, 0.25) is 0 Å². The van der Waals surface area contributed by atoms with Gasteiger partial charge in [0.25, 0.3) is 5.95 Å². The van der Waals surface area contributed by atoms with Gasteiger partial charge < -0.3 is 10.2 Å². The Morgan fingerprint density at radius 2 is 1.70 bits per heavy atom. The SMILES string of the molecule is Cc1cc(N2CCCC2)nc(Nc2ccccc2)c1N=Nc1ncccn1. The molecule has 0 aliphatic carbocycles. The Morgan fingerprint density at radius 1 is 0.963 bits per heavy atom. The molecule has 7 heteroatoms. The van der Waals surface area contributed by atoms with E-state index in [0.717, 1.165) is 30.2 Å². The molecule has 136 valence electrons. The summed E-state index contributed by atoms with van der Waals surface area (Å²) >= 11 is 0. The molecule has 0 saturated carbocycles. The predicted octanol–water partition coefficient (Wildman–Crippen LogP) is 4.94. The van der Waals surface area contributed by atoms with Gasteiger partial charge in [-0.15, -0.1) is 10.2 Å². The summed E-state index contributed by atoms with van der Waals surface area (Å²) < 4.78 is 0. The second-order valence-corrected chi connectivity index (χ2v) is 6.43. The molecule has 1 aromatic carbocycles. The Kier molecular flexibility index (Phi) is 5.00. The van der Waals surface area contributed by atoms with E-state index in [4.69, 9.17) is 4.98 Å². The zero-order chi connectivity index (χ0) is 18.5. The van der Waals surface area contributed by atoms with Crippen LogP contribution in [0.3, 0.4) is 0 Å². The van der Waals surface area contributed by atoms with Crippen LogP contribution in [-0.4, -0.2) is 28.0 Å². The number of hydrogen-bond donors (Lipinski definition) is 1. The predicted molar refractivity (Wildman–Crippen MR) is 106 cm³/mol. The van der Waals surface area contributed by atoms with E-state index < -0.39 is 0 Å². The molecule has 0 bridgehead atoms. The van der Waals surface area contributed by atoms with Crippen molar-refractivity contribution in [2.75, 3.05) is 23.3 Å². The fraction of sp³-hybridized carbons (Fsp3) is 0.250. The lowest BCUT2D eigenvalue weighted by atomic mass is 10.2. The first-order chi connectivity index (χ1) is 13.3. The zero-order valence-electron chi connectivity index (χ0n) is 15.2. The Bertz CT molecular complexity index is 920. The number of aryl methyl sites for hydroxylation is 1. The van der Waals surface area contributed by atoms with E-state index in [9.17, 15) is 0 Å². The van der Waals surface area contributed by atoms with Crippen LogP contribution in [0.25, 0.3) is 0 Å². The van der Waals surface area contributed by atoms with Crippen molar-refractivity contribution in [3.8, 4) is 0 Å². The molecule has 0 unspecified atom stereocenters. The summed E-state index contributed by atoms with van der Waals surface area (Å²) in [6.45, 7) is 4.10. The lowest BCUT2D eigenvalue weighted by molar-refractivity contribution is 0.935. The van der Waals surface area contributed by atoms with Gasteiger partial charge in [-0.05, 0) is 49.6 Å². The minimum atomic E-state index is 0.325. The van der Waals surface area contributed by atoms with Crippen molar-refractivity contribution in [2.45, 2.75) is 19.8 Å². The van der Waals surface area contributed by atoms with Gasteiger partial charge in [-0.2, -0.15) is 0 Å². The first-order valence-electron chi connectivity index (χ1n) is 9.07. The minimum Gasteiger partial charge on any atom is -0.357 e. The molecule has 1 saturated heterocycles. The maximum Gasteiger partial charge on any atom is 0.268 e. The van der Waals surface area contributed by atoms with Gasteiger partial charge >= 0.3 is 0 Å². The number of azo groups is 1. The molecule has 3 aromatic rings. The van der Waals surface area contributed by atoms with Crippen LogP contribution in [0.4, 0.5) is 29.0 Å². The van der Waals surface area contributed by atoms with E-state index in [-0.39, 0.29) is 0 Å². The quantitative estimate of drug-likeness (QED) is 0.653. The zero-order valence-corrected chi connectivity index (χ0v) is 15.2. The average molecular weight is 359 g/mol. The van der Waals surface area contributed by atoms with Gasteiger partial charge in [-0.1, -0.05) is 18.2 Å². The molecule has 7 nitrogen and oxygen atoms in total. The maximum atomic E-state index is 4.84. The lowest BCUT2D eigenvalue weighted by Gasteiger charge is -2.19. The number of hydrogen-bond acceptors (Lipinski definition) is 7. The molecule has 0 spiro atoms. The fourth-order valence-corrected chi connectivity index (χ4v) is 3.07. The van der Waals surface area contributed by atoms with E-state index in [0.29, 0.717) is 17.5 Å². The standard InChI is InChI=1S/C20H21N7/c1-15-14-17(27-12-5-6-13-27)24-19(23-16-8-3-2-4-9-16)18(15)25-26-20-21-10-7-11-22-20/h2-4,7-11,14H,5-6,12-13H2,1H3,(H,23,24). The molecular formula is C20H21N7. The summed E-state index contributed by atoms with van der Waals surface area (Å²) in [5.74, 6) is 1.98. The van der Waals surface area contributed by atoms with Crippen molar-refractivity contribution < 1.29 is 0 Å². The van der Waals surface area contributed by atoms with Gasteiger partial charge in [0.05, 0.1) is 0 Å². The van der Waals surface area contributed by atoms with E-state index in [1.54, 1.807) is 18.5 Å². The van der Waals surface area contributed by atoms with E-state index >= 15 is 0 Å². The van der Waals surface area contributed by atoms with Crippen molar-refractivity contribution >= 4 is 29.0 Å². The molecule has 3 heterocycles. The Balaban J connectivity index is 1.72. The van der Waals surface area contributed by atoms with E-state index in [1.807, 2.05) is 37.3 Å². The summed E-state index contributed by atoms with van der Waals surface area (Å²) in [7, 11) is 0. The smallest absolute Gasteiger partial charge is 0.268 e. The van der Waals surface area contributed by atoms with Crippen LogP contribution in [0.5, 0.6) is 0 Å². The normalized spacial score (nSPS) is 14.0. The number of nitrogens with zero attached hydrogens (tertiary/aromatic N) is 6. The number of pyridine rings is 1. The lowest BCUT2D eigenvalue weighted by Crippen LogP contribution is -2.19. The van der Waals surface area contributed by atoms with Gasteiger partial charge in [0, 0.05) is 31.2 Å².